The van der Waals surface area contributed by atoms with Crippen LogP contribution in [0.1, 0.15) is 37.6 Å². The van der Waals surface area contributed by atoms with E-state index in [-0.39, 0.29) is 24.1 Å². The summed E-state index contributed by atoms with van der Waals surface area (Å²) in [6.07, 6.45) is 6.13. The summed E-state index contributed by atoms with van der Waals surface area (Å²) in [5.74, 6) is 0.917. The van der Waals surface area contributed by atoms with Gasteiger partial charge in [0.15, 0.2) is 0 Å². The summed E-state index contributed by atoms with van der Waals surface area (Å²) in [6, 6.07) is 10.0. The summed E-state index contributed by atoms with van der Waals surface area (Å²) < 4.78 is 9.22. The zero-order valence-corrected chi connectivity index (χ0v) is 20.0. The Hall–Kier alpha value is -3.13. The first-order chi connectivity index (χ1) is 16.5. The van der Waals surface area contributed by atoms with Crippen LogP contribution in [0.15, 0.2) is 41.3 Å². The molecule has 3 aromatic rings. The Balaban J connectivity index is 1.48. The van der Waals surface area contributed by atoms with Gasteiger partial charge in [-0.05, 0) is 50.8 Å². The Bertz CT molecular complexity index is 1240. The highest BCUT2D eigenvalue weighted by molar-refractivity contribution is 5.87. The van der Waals surface area contributed by atoms with Crippen LogP contribution >= 0.6 is 0 Å². The highest BCUT2D eigenvalue weighted by atomic mass is 16.5. The number of carbonyl (C=O) groups is 1. The zero-order valence-electron chi connectivity index (χ0n) is 20.0. The molecule has 1 fully saturated rings. The van der Waals surface area contributed by atoms with Crippen LogP contribution in [-0.4, -0.2) is 57.3 Å². The minimum Gasteiger partial charge on any atom is -0.382 e. The summed E-state index contributed by atoms with van der Waals surface area (Å²) in [7, 11) is 1.90. The molecule has 1 saturated heterocycles. The van der Waals surface area contributed by atoms with Gasteiger partial charge >= 0.3 is 0 Å². The van der Waals surface area contributed by atoms with Crippen LogP contribution in [0.5, 0.6) is 0 Å². The molecule has 4 heterocycles. The maximum absolute atomic E-state index is 13.3. The van der Waals surface area contributed by atoms with Crippen molar-refractivity contribution in [2.75, 3.05) is 25.6 Å². The fourth-order valence-electron chi connectivity index (χ4n) is 5.14. The van der Waals surface area contributed by atoms with Crippen LogP contribution in [0.2, 0.25) is 0 Å². The van der Waals surface area contributed by atoms with Gasteiger partial charge in [0, 0.05) is 68.8 Å². The lowest BCUT2D eigenvalue weighted by molar-refractivity contribution is -0.134. The van der Waals surface area contributed by atoms with E-state index in [9.17, 15) is 9.59 Å². The summed E-state index contributed by atoms with van der Waals surface area (Å²) in [5.41, 5.74) is 4.27. The molecule has 0 aliphatic carbocycles. The van der Waals surface area contributed by atoms with E-state index in [0.717, 1.165) is 48.2 Å². The van der Waals surface area contributed by atoms with Crippen LogP contribution in [0.25, 0.3) is 11.0 Å². The maximum Gasteiger partial charge on any atom is 0.250 e. The van der Waals surface area contributed by atoms with E-state index in [2.05, 4.69) is 28.9 Å². The van der Waals surface area contributed by atoms with E-state index in [4.69, 9.17) is 9.72 Å². The van der Waals surface area contributed by atoms with E-state index < -0.39 is 0 Å². The van der Waals surface area contributed by atoms with Crippen molar-refractivity contribution < 1.29 is 9.53 Å². The molecular weight excluding hydrogens is 430 g/mol. The van der Waals surface area contributed by atoms with Crippen molar-refractivity contribution in [1.82, 2.24) is 19.0 Å². The number of imidazole rings is 1. The van der Waals surface area contributed by atoms with Gasteiger partial charge in [-0.25, -0.2) is 4.98 Å². The van der Waals surface area contributed by atoms with Gasteiger partial charge in [-0.1, -0.05) is 6.07 Å². The molecule has 0 bridgehead atoms. The van der Waals surface area contributed by atoms with Gasteiger partial charge in [-0.3, -0.25) is 9.59 Å². The number of nitrogens with one attached hydrogen (secondary N) is 1. The lowest BCUT2D eigenvalue weighted by Gasteiger charge is -2.31. The van der Waals surface area contributed by atoms with E-state index in [1.54, 1.807) is 22.9 Å². The molecule has 34 heavy (non-hydrogen) atoms. The van der Waals surface area contributed by atoms with E-state index in [1.807, 2.05) is 18.0 Å². The first kappa shape index (κ1) is 22.7. The second-order valence-electron chi connectivity index (χ2n) is 9.49. The summed E-state index contributed by atoms with van der Waals surface area (Å²) in [4.78, 5) is 32.5. The summed E-state index contributed by atoms with van der Waals surface area (Å²) in [6.45, 7) is 4.35. The molecule has 2 aromatic heterocycles. The average Bonchev–Trinajstić information content (AvgIpc) is 3.20. The number of benzene rings is 1. The number of aromatic nitrogens is 3. The highest BCUT2D eigenvalue weighted by Gasteiger charge is 2.25. The molecule has 0 saturated carbocycles. The second kappa shape index (κ2) is 9.62. The number of nitrogens with zero attached hydrogens (tertiary/aromatic N) is 4. The standard InChI is InChI=1S/C26H33N5O3/c1-18-6-7-20-21(27-18)8-9-22-26(20)28-23(10-14-30-13-4-3-5-24(30)32)31(22)17-25(33)29(2)19-11-15-34-16-12-19/h3-5,8-9,13,18-19,27H,6-7,10-12,14-17H2,1-2H3/t18-/m0/s1. The molecule has 8 heteroatoms. The van der Waals surface area contributed by atoms with Crippen molar-refractivity contribution in [3.05, 3.63) is 58.3 Å². The van der Waals surface area contributed by atoms with Crippen molar-refractivity contribution in [1.29, 1.82) is 0 Å². The topological polar surface area (TPSA) is 81.4 Å². The lowest BCUT2D eigenvalue weighted by atomic mass is 9.98. The molecule has 1 atom stereocenters. The number of likely N-dealkylation sites (N-methyl/N-ethyl adjacent to an activating group) is 1. The van der Waals surface area contributed by atoms with Crippen molar-refractivity contribution in [2.45, 2.75) is 64.2 Å². The minimum absolute atomic E-state index is 0.0314. The predicted octanol–water partition coefficient (Wildman–Crippen LogP) is 2.82. The SMILES string of the molecule is C[C@H]1CCc2c(ccc3c2nc(CCn2ccccc2=O)n3CC(=O)N(C)C2CCOCC2)N1. The van der Waals surface area contributed by atoms with Crippen LogP contribution in [0.3, 0.4) is 0 Å². The zero-order chi connectivity index (χ0) is 23.7. The van der Waals surface area contributed by atoms with E-state index in [0.29, 0.717) is 32.2 Å². The fourth-order valence-corrected chi connectivity index (χ4v) is 5.14. The molecule has 2 aliphatic heterocycles. The normalized spacial score (nSPS) is 18.5. The maximum atomic E-state index is 13.3. The molecule has 8 nitrogen and oxygen atoms in total. The molecule has 0 spiro atoms. The number of hydrogen-bond donors (Lipinski definition) is 1. The number of rotatable bonds is 6. The molecule has 5 rings (SSSR count). The van der Waals surface area contributed by atoms with Gasteiger partial charge in [0.1, 0.15) is 12.4 Å². The highest BCUT2D eigenvalue weighted by Crippen LogP contribution is 2.32. The smallest absolute Gasteiger partial charge is 0.250 e. The number of anilines is 1. The Labute approximate surface area is 199 Å². The number of ether oxygens (including phenoxy) is 1. The quantitative estimate of drug-likeness (QED) is 0.608. The molecule has 0 radical (unpaired) electrons. The third kappa shape index (κ3) is 4.46. The number of amides is 1. The number of aryl methyl sites for hydroxylation is 3. The number of hydrogen-bond acceptors (Lipinski definition) is 5. The molecular formula is C26H33N5O3. The molecule has 1 aromatic carbocycles. The predicted molar refractivity (Wildman–Crippen MR) is 132 cm³/mol. The molecule has 1 amide bonds. The Morgan fingerprint density at radius 3 is 2.82 bits per heavy atom. The van der Waals surface area contributed by atoms with Gasteiger partial charge in [-0.15, -0.1) is 0 Å². The van der Waals surface area contributed by atoms with Gasteiger partial charge in [0.05, 0.1) is 11.0 Å². The van der Waals surface area contributed by atoms with Crippen molar-refractivity contribution >= 4 is 22.6 Å². The third-order valence-electron chi connectivity index (χ3n) is 7.23. The molecule has 180 valence electrons. The third-order valence-corrected chi connectivity index (χ3v) is 7.23. The van der Waals surface area contributed by atoms with Crippen LogP contribution in [-0.2, 0) is 35.5 Å². The minimum atomic E-state index is -0.0314. The number of pyridine rings is 1. The summed E-state index contributed by atoms with van der Waals surface area (Å²) >= 11 is 0. The fraction of sp³-hybridized carbons (Fsp3) is 0.500. The average molecular weight is 464 g/mol. The van der Waals surface area contributed by atoms with Crippen LogP contribution in [0, 0.1) is 0 Å². The Kier molecular flexibility index (Phi) is 6.41. The Morgan fingerprint density at radius 1 is 1.21 bits per heavy atom. The first-order valence-corrected chi connectivity index (χ1v) is 12.3. The van der Waals surface area contributed by atoms with Crippen molar-refractivity contribution in [3.8, 4) is 0 Å². The van der Waals surface area contributed by atoms with Gasteiger partial charge in [0.25, 0.3) is 5.56 Å². The lowest BCUT2D eigenvalue weighted by Crippen LogP contribution is -2.42. The van der Waals surface area contributed by atoms with Crippen molar-refractivity contribution in [3.63, 3.8) is 0 Å². The molecule has 0 unspecified atom stereocenters. The van der Waals surface area contributed by atoms with E-state index in [1.165, 1.54) is 5.56 Å². The largest absolute Gasteiger partial charge is 0.382 e. The monoisotopic (exact) mass is 463 g/mol. The summed E-state index contributed by atoms with van der Waals surface area (Å²) in [5, 5.41) is 3.57. The molecule has 2 aliphatic rings. The van der Waals surface area contributed by atoms with Crippen molar-refractivity contribution in [2.24, 2.45) is 0 Å². The number of carbonyl (C=O) groups excluding carboxylic acids is 1. The van der Waals surface area contributed by atoms with Crippen LogP contribution in [0.4, 0.5) is 5.69 Å². The number of fused-ring (bicyclic) bond motifs is 3. The Morgan fingerprint density at radius 2 is 2.03 bits per heavy atom. The van der Waals surface area contributed by atoms with Gasteiger partial charge in [0.2, 0.25) is 5.91 Å². The van der Waals surface area contributed by atoms with Crippen LogP contribution < -0.4 is 10.9 Å². The first-order valence-electron chi connectivity index (χ1n) is 12.3. The van der Waals surface area contributed by atoms with E-state index >= 15 is 0 Å². The van der Waals surface area contributed by atoms with Gasteiger partial charge in [-0.2, -0.15) is 0 Å². The van der Waals surface area contributed by atoms with Gasteiger partial charge < -0.3 is 24.1 Å². The second-order valence-corrected chi connectivity index (χ2v) is 9.49. The molecule has 1 N–H and O–H groups in total.